The van der Waals surface area contributed by atoms with E-state index in [1.807, 2.05) is 6.92 Å². The Kier molecular flexibility index (Phi) is 5.56. The fourth-order valence-corrected chi connectivity index (χ4v) is 1.59. The Morgan fingerprint density at radius 1 is 1.44 bits per heavy atom. The molecule has 0 fully saturated rings. The third-order valence-corrected chi connectivity index (χ3v) is 2.83. The Morgan fingerprint density at radius 3 is 2.72 bits per heavy atom. The molecule has 0 aliphatic carbocycles. The van der Waals surface area contributed by atoms with Gasteiger partial charge in [-0.3, -0.25) is 0 Å². The second-order valence-corrected chi connectivity index (χ2v) is 4.84. The lowest BCUT2D eigenvalue weighted by atomic mass is 10.1. The van der Waals surface area contributed by atoms with Gasteiger partial charge >= 0.3 is 0 Å². The van der Waals surface area contributed by atoms with Crippen LogP contribution >= 0.6 is 0 Å². The number of halogens is 1. The van der Waals surface area contributed by atoms with Crippen LogP contribution in [0, 0.1) is 12.7 Å². The van der Waals surface area contributed by atoms with Gasteiger partial charge in [-0.15, -0.1) is 0 Å². The molecule has 0 amide bonds. The molecule has 0 aromatic heterocycles. The Morgan fingerprint density at radius 2 is 2.17 bits per heavy atom. The summed E-state index contributed by atoms with van der Waals surface area (Å²) in [6.45, 7) is 6.93. The second-order valence-electron chi connectivity index (χ2n) is 4.84. The standard InChI is InChI=1S/C14H22FNO2/c1-4-7-16-14(3,9-17)10-18-13-6-5-12(15)8-11(13)2/h5-6,8,16-17H,4,7,9-10H2,1-3H3. The van der Waals surface area contributed by atoms with Crippen molar-refractivity contribution in [3.05, 3.63) is 29.6 Å². The summed E-state index contributed by atoms with van der Waals surface area (Å²) in [5.41, 5.74) is 0.280. The molecule has 1 unspecified atom stereocenters. The molecule has 0 bridgehead atoms. The lowest BCUT2D eigenvalue weighted by Gasteiger charge is -2.29. The minimum atomic E-state index is -0.475. The van der Waals surface area contributed by atoms with Gasteiger partial charge in [0.2, 0.25) is 0 Å². The van der Waals surface area contributed by atoms with E-state index >= 15 is 0 Å². The van der Waals surface area contributed by atoms with E-state index in [4.69, 9.17) is 4.74 Å². The van der Waals surface area contributed by atoms with E-state index in [9.17, 15) is 9.50 Å². The van der Waals surface area contributed by atoms with Crippen molar-refractivity contribution < 1.29 is 14.2 Å². The molecule has 1 rings (SSSR count). The summed E-state index contributed by atoms with van der Waals surface area (Å²) in [5, 5.41) is 12.6. The summed E-state index contributed by atoms with van der Waals surface area (Å²) < 4.78 is 18.6. The molecule has 1 atom stereocenters. The maximum absolute atomic E-state index is 12.9. The van der Waals surface area contributed by atoms with Crippen LogP contribution in [0.4, 0.5) is 4.39 Å². The van der Waals surface area contributed by atoms with Crippen LogP contribution in [0.3, 0.4) is 0 Å². The van der Waals surface area contributed by atoms with Gasteiger partial charge in [-0.2, -0.15) is 0 Å². The van der Waals surface area contributed by atoms with Gasteiger partial charge in [-0.25, -0.2) is 4.39 Å². The monoisotopic (exact) mass is 255 g/mol. The summed E-state index contributed by atoms with van der Waals surface area (Å²) in [5.74, 6) is 0.378. The van der Waals surface area contributed by atoms with E-state index in [2.05, 4.69) is 12.2 Å². The number of aliphatic hydroxyl groups is 1. The zero-order valence-electron chi connectivity index (χ0n) is 11.3. The molecule has 18 heavy (non-hydrogen) atoms. The van der Waals surface area contributed by atoms with Crippen LogP contribution in [-0.4, -0.2) is 30.4 Å². The van der Waals surface area contributed by atoms with Crippen molar-refractivity contribution in [2.45, 2.75) is 32.7 Å². The smallest absolute Gasteiger partial charge is 0.123 e. The number of hydrogen-bond acceptors (Lipinski definition) is 3. The molecule has 3 nitrogen and oxygen atoms in total. The minimum Gasteiger partial charge on any atom is -0.491 e. The van der Waals surface area contributed by atoms with Crippen LogP contribution in [-0.2, 0) is 0 Å². The number of benzene rings is 1. The molecule has 0 aliphatic rings. The molecular weight excluding hydrogens is 233 g/mol. The summed E-state index contributed by atoms with van der Waals surface area (Å²) in [4.78, 5) is 0. The molecule has 0 heterocycles. The quantitative estimate of drug-likeness (QED) is 0.785. The Hall–Kier alpha value is -1.13. The van der Waals surface area contributed by atoms with E-state index in [0.29, 0.717) is 12.4 Å². The van der Waals surface area contributed by atoms with Gasteiger partial charge in [0.25, 0.3) is 0 Å². The van der Waals surface area contributed by atoms with Crippen molar-refractivity contribution in [1.29, 1.82) is 0 Å². The largest absolute Gasteiger partial charge is 0.491 e. The highest BCUT2D eigenvalue weighted by Crippen LogP contribution is 2.19. The van der Waals surface area contributed by atoms with Crippen LogP contribution in [0.25, 0.3) is 0 Å². The zero-order chi connectivity index (χ0) is 13.6. The summed E-state index contributed by atoms with van der Waals surface area (Å²) >= 11 is 0. The molecule has 102 valence electrons. The molecule has 0 aliphatic heterocycles. The van der Waals surface area contributed by atoms with Crippen molar-refractivity contribution in [3.8, 4) is 5.75 Å². The SMILES string of the molecule is CCCNC(C)(CO)COc1ccc(F)cc1C. The lowest BCUT2D eigenvalue weighted by molar-refractivity contribution is 0.115. The van der Waals surface area contributed by atoms with Gasteiger partial charge in [0.1, 0.15) is 18.2 Å². The molecule has 0 radical (unpaired) electrons. The van der Waals surface area contributed by atoms with Crippen LogP contribution in [0.15, 0.2) is 18.2 Å². The average molecular weight is 255 g/mol. The van der Waals surface area contributed by atoms with Gasteiger partial charge in [0.05, 0.1) is 12.1 Å². The Labute approximate surface area is 108 Å². The van der Waals surface area contributed by atoms with E-state index in [1.165, 1.54) is 12.1 Å². The van der Waals surface area contributed by atoms with Crippen molar-refractivity contribution in [2.75, 3.05) is 19.8 Å². The maximum atomic E-state index is 12.9. The van der Waals surface area contributed by atoms with E-state index < -0.39 is 5.54 Å². The third kappa shape index (κ3) is 4.27. The van der Waals surface area contributed by atoms with Crippen molar-refractivity contribution in [3.63, 3.8) is 0 Å². The number of aliphatic hydroxyl groups excluding tert-OH is 1. The molecule has 0 spiro atoms. The first-order valence-electron chi connectivity index (χ1n) is 6.25. The molecular formula is C14H22FNO2. The highest BCUT2D eigenvalue weighted by Gasteiger charge is 2.23. The van der Waals surface area contributed by atoms with Gasteiger partial charge in [0.15, 0.2) is 0 Å². The van der Waals surface area contributed by atoms with Gasteiger partial charge < -0.3 is 15.2 Å². The number of hydrogen-bond donors (Lipinski definition) is 2. The first-order chi connectivity index (χ1) is 8.50. The second kappa shape index (κ2) is 6.71. The fraction of sp³-hybridized carbons (Fsp3) is 0.571. The van der Waals surface area contributed by atoms with Crippen molar-refractivity contribution in [1.82, 2.24) is 5.32 Å². The molecule has 0 saturated heterocycles. The first kappa shape index (κ1) is 14.9. The Balaban J connectivity index is 2.61. The molecule has 0 saturated carbocycles. The predicted octanol–water partition coefficient (Wildman–Crippen LogP) is 2.26. The number of rotatable bonds is 7. The van der Waals surface area contributed by atoms with Gasteiger partial charge in [0, 0.05) is 0 Å². The first-order valence-corrected chi connectivity index (χ1v) is 6.25. The third-order valence-electron chi connectivity index (χ3n) is 2.83. The fourth-order valence-electron chi connectivity index (χ4n) is 1.59. The van der Waals surface area contributed by atoms with Crippen LogP contribution < -0.4 is 10.1 Å². The van der Waals surface area contributed by atoms with Crippen LogP contribution in [0.5, 0.6) is 5.75 Å². The molecule has 1 aromatic carbocycles. The van der Waals surface area contributed by atoms with Crippen molar-refractivity contribution >= 4 is 0 Å². The number of aryl methyl sites for hydroxylation is 1. The summed E-state index contributed by atoms with van der Waals surface area (Å²) in [7, 11) is 0. The average Bonchev–Trinajstić information content (AvgIpc) is 2.35. The molecule has 1 aromatic rings. The Bertz CT molecular complexity index is 384. The maximum Gasteiger partial charge on any atom is 0.123 e. The van der Waals surface area contributed by atoms with Crippen LogP contribution in [0.1, 0.15) is 25.8 Å². The summed E-state index contributed by atoms with van der Waals surface area (Å²) in [6, 6.07) is 4.42. The van der Waals surface area contributed by atoms with E-state index in [1.54, 1.807) is 13.0 Å². The number of ether oxygens (including phenoxy) is 1. The van der Waals surface area contributed by atoms with E-state index in [0.717, 1.165) is 18.5 Å². The highest BCUT2D eigenvalue weighted by molar-refractivity contribution is 5.32. The predicted molar refractivity (Wildman–Crippen MR) is 70.4 cm³/mol. The topological polar surface area (TPSA) is 41.5 Å². The normalized spacial score (nSPS) is 14.3. The zero-order valence-corrected chi connectivity index (χ0v) is 11.3. The van der Waals surface area contributed by atoms with E-state index in [-0.39, 0.29) is 12.4 Å². The van der Waals surface area contributed by atoms with Crippen molar-refractivity contribution in [2.24, 2.45) is 0 Å². The molecule has 2 N–H and O–H groups in total. The van der Waals surface area contributed by atoms with Gasteiger partial charge in [-0.05, 0) is 50.6 Å². The van der Waals surface area contributed by atoms with Crippen LogP contribution in [0.2, 0.25) is 0 Å². The minimum absolute atomic E-state index is 0.00670. The summed E-state index contributed by atoms with van der Waals surface area (Å²) in [6.07, 6.45) is 0.991. The molecule has 4 heteroatoms. The lowest BCUT2D eigenvalue weighted by Crippen LogP contribution is -2.50. The van der Waals surface area contributed by atoms with Gasteiger partial charge in [-0.1, -0.05) is 6.92 Å². The highest BCUT2D eigenvalue weighted by atomic mass is 19.1. The number of nitrogens with one attached hydrogen (secondary N) is 1.